The minimum absolute atomic E-state index is 0.157. The molecule has 3 aliphatic heterocycles. The largest absolute Gasteiger partial charge is 0.492 e. The van der Waals surface area contributed by atoms with E-state index in [-0.39, 0.29) is 51.4 Å². The maximum absolute atomic E-state index is 14.0. The van der Waals surface area contributed by atoms with E-state index >= 15 is 0 Å². The molecule has 3 atom stereocenters. The second-order valence-corrected chi connectivity index (χ2v) is 11.8. The molecule has 248 valence electrons. The molecule has 4 heterocycles. The standard InChI is InChI=1S/C34H40N6O7/c1-22-29(41)36-16-19-46-26-8-10-27(11-9-26)47-34(13-17-40(18-14-34)32(44)25-12-15-35-21-25)33(45)38-23(2)30(42)39-28(31(43)37-22)20-24-6-4-3-5-7-24/h3-12,15,21-23,28,35H,13-14,16-20H2,1-2H3,(H,36,41)(H,37,43)(H,38,45)(H,39,42)/t22-,23-,28-/m0/s1. The summed E-state index contributed by atoms with van der Waals surface area (Å²) in [6.45, 7) is 3.95. The number of hydrogen-bond donors (Lipinski definition) is 5. The van der Waals surface area contributed by atoms with Crippen LogP contribution in [0.3, 0.4) is 0 Å². The van der Waals surface area contributed by atoms with Gasteiger partial charge in [0.05, 0.1) is 12.1 Å². The minimum atomic E-state index is -1.38. The molecule has 3 aliphatic rings. The third-order valence-electron chi connectivity index (χ3n) is 8.33. The molecule has 0 saturated carbocycles. The number of hydrogen-bond acceptors (Lipinski definition) is 7. The zero-order valence-corrected chi connectivity index (χ0v) is 26.4. The number of likely N-dealkylation sites (tertiary alicyclic amines) is 1. The smallest absolute Gasteiger partial charge is 0.264 e. The van der Waals surface area contributed by atoms with Gasteiger partial charge < -0.3 is 40.6 Å². The quantitative estimate of drug-likeness (QED) is 0.268. The maximum Gasteiger partial charge on any atom is 0.264 e. The Balaban J connectivity index is 1.38. The summed E-state index contributed by atoms with van der Waals surface area (Å²) < 4.78 is 12.1. The van der Waals surface area contributed by atoms with E-state index in [2.05, 4.69) is 26.3 Å². The molecule has 2 aromatic carbocycles. The van der Waals surface area contributed by atoms with Crippen LogP contribution in [0.15, 0.2) is 73.1 Å². The summed E-state index contributed by atoms with van der Waals surface area (Å²) in [5.41, 5.74) is -0.0634. The van der Waals surface area contributed by atoms with Crippen molar-refractivity contribution in [2.24, 2.45) is 0 Å². The Hall–Kier alpha value is -5.33. The number of carbonyl (C=O) groups is 5. The van der Waals surface area contributed by atoms with Gasteiger partial charge in [0, 0.05) is 44.7 Å². The Labute approximate surface area is 272 Å². The number of piperidine rings is 1. The van der Waals surface area contributed by atoms with Crippen molar-refractivity contribution < 1.29 is 33.4 Å². The number of aromatic nitrogens is 1. The molecule has 1 aromatic heterocycles. The molecule has 5 N–H and O–H groups in total. The summed E-state index contributed by atoms with van der Waals surface area (Å²) in [5.74, 6) is -1.27. The van der Waals surface area contributed by atoms with E-state index < -0.39 is 47.4 Å². The molecule has 5 amide bonds. The summed E-state index contributed by atoms with van der Waals surface area (Å²) in [7, 11) is 0. The third-order valence-corrected chi connectivity index (χ3v) is 8.33. The highest BCUT2D eigenvalue weighted by molar-refractivity contribution is 5.96. The van der Waals surface area contributed by atoms with Crippen LogP contribution in [-0.2, 0) is 25.6 Å². The fraction of sp³-hybridized carbons (Fsp3) is 0.382. The monoisotopic (exact) mass is 644 g/mol. The Bertz CT molecular complexity index is 1550. The van der Waals surface area contributed by atoms with E-state index in [1.54, 1.807) is 54.5 Å². The van der Waals surface area contributed by atoms with Gasteiger partial charge >= 0.3 is 0 Å². The van der Waals surface area contributed by atoms with E-state index in [9.17, 15) is 24.0 Å². The molecular formula is C34H40N6O7. The number of nitrogens with one attached hydrogen (secondary N) is 5. The number of aromatic amines is 1. The van der Waals surface area contributed by atoms with Crippen LogP contribution in [0.4, 0.5) is 0 Å². The Morgan fingerprint density at radius 1 is 0.830 bits per heavy atom. The summed E-state index contributed by atoms with van der Waals surface area (Å²) in [6, 6.07) is 14.6. The van der Waals surface area contributed by atoms with Crippen molar-refractivity contribution in [1.82, 2.24) is 31.2 Å². The molecule has 0 radical (unpaired) electrons. The molecule has 1 spiro atoms. The van der Waals surface area contributed by atoms with Gasteiger partial charge in [-0.05, 0) is 49.7 Å². The van der Waals surface area contributed by atoms with Crippen LogP contribution in [-0.4, -0.2) is 89.4 Å². The molecule has 3 aromatic rings. The Morgan fingerprint density at radius 3 is 2.19 bits per heavy atom. The Kier molecular flexibility index (Phi) is 10.4. The molecule has 0 unspecified atom stereocenters. The van der Waals surface area contributed by atoms with Gasteiger partial charge in [-0.2, -0.15) is 0 Å². The zero-order valence-electron chi connectivity index (χ0n) is 26.4. The molecule has 6 rings (SSSR count). The molecule has 1 fully saturated rings. The van der Waals surface area contributed by atoms with E-state index in [1.165, 1.54) is 6.92 Å². The van der Waals surface area contributed by atoms with Crippen molar-refractivity contribution in [2.45, 2.75) is 56.8 Å². The van der Waals surface area contributed by atoms with Crippen LogP contribution in [0, 0.1) is 0 Å². The highest BCUT2D eigenvalue weighted by atomic mass is 16.5. The average Bonchev–Trinajstić information content (AvgIpc) is 3.62. The number of carbonyl (C=O) groups excluding carboxylic acids is 5. The van der Waals surface area contributed by atoms with Gasteiger partial charge in [-0.1, -0.05) is 30.3 Å². The number of benzene rings is 2. The van der Waals surface area contributed by atoms with Gasteiger partial charge in [0.1, 0.15) is 36.2 Å². The second-order valence-electron chi connectivity index (χ2n) is 11.8. The lowest BCUT2D eigenvalue weighted by Gasteiger charge is -2.41. The predicted molar refractivity (Wildman–Crippen MR) is 172 cm³/mol. The lowest BCUT2D eigenvalue weighted by atomic mass is 9.89. The first-order chi connectivity index (χ1) is 22.6. The van der Waals surface area contributed by atoms with Crippen LogP contribution < -0.4 is 30.7 Å². The van der Waals surface area contributed by atoms with Gasteiger partial charge in [0.15, 0.2) is 5.60 Å². The van der Waals surface area contributed by atoms with Gasteiger partial charge in [0.2, 0.25) is 17.7 Å². The van der Waals surface area contributed by atoms with Crippen molar-refractivity contribution in [1.29, 1.82) is 0 Å². The number of amides is 5. The van der Waals surface area contributed by atoms with Gasteiger partial charge in [-0.25, -0.2) is 0 Å². The average molecular weight is 645 g/mol. The Morgan fingerprint density at radius 2 is 1.51 bits per heavy atom. The van der Waals surface area contributed by atoms with Gasteiger partial charge in [-0.3, -0.25) is 24.0 Å². The number of H-pyrrole nitrogens is 1. The zero-order chi connectivity index (χ0) is 33.4. The number of ether oxygens (including phenoxy) is 2. The van der Waals surface area contributed by atoms with E-state index in [4.69, 9.17) is 9.47 Å². The maximum atomic E-state index is 14.0. The summed E-state index contributed by atoms with van der Waals surface area (Å²) in [4.78, 5) is 71.1. The lowest BCUT2D eigenvalue weighted by molar-refractivity contribution is -0.143. The fourth-order valence-electron chi connectivity index (χ4n) is 5.54. The molecule has 1 saturated heterocycles. The molecular weight excluding hydrogens is 604 g/mol. The lowest BCUT2D eigenvalue weighted by Crippen LogP contribution is -2.61. The van der Waals surface area contributed by atoms with Crippen molar-refractivity contribution in [2.75, 3.05) is 26.2 Å². The van der Waals surface area contributed by atoms with Crippen LogP contribution in [0.5, 0.6) is 11.5 Å². The van der Waals surface area contributed by atoms with E-state index in [0.717, 1.165) is 5.56 Å². The van der Waals surface area contributed by atoms with Gasteiger partial charge in [-0.15, -0.1) is 0 Å². The van der Waals surface area contributed by atoms with Crippen LogP contribution >= 0.6 is 0 Å². The SMILES string of the molecule is C[C@@H]1NC(=O)[C@H](Cc2ccccc2)NC(=O)[C@H](C)NC(=O)C2(CCN(C(=O)c3cc[nH]c3)CC2)Oc2ccc(cc2)OCCNC1=O. The topological polar surface area (TPSA) is 171 Å². The highest BCUT2D eigenvalue weighted by Gasteiger charge is 2.46. The van der Waals surface area contributed by atoms with Crippen molar-refractivity contribution in [3.63, 3.8) is 0 Å². The number of rotatable bonds is 3. The first kappa shape index (κ1) is 33.0. The fourth-order valence-corrected chi connectivity index (χ4v) is 5.54. The molecule has 2 bridgehead atoms. The normalized spacial score (nSPS) is 22.6. The summed E-state index contributed by atoms with van der Waals surface area (Å²) in [6.07, 6.45) is 3.82. The van der Waals surface area contributed by atoms with Crippen molar-refractivity contribution >= 4 is 29.5 Å². The molecule has 13 nitrogen and oxygen atoms in total. The van der Waals surface area contributed by atoms with Gasteiger partial charge in [0.25, 0.3) is 11.8 Å². The van der Waals surface area contributed by atoms with E-state index in [0.29, 0.717) is 17.1 Å². The number of nitrogens with zero attached hydrogens (tertiary/aromatic N) is 1. The molecule has 47 heavy (non-hydrogen) atoms. The highest BCUT2D eigenvalue weighted by Crippen LogP contribution is 2.31. The predicted octanol–water partition coefficient (Wildman–Crippen LogP) is 1.31. The minimum Gasteiger partial charge on any atom is -0.492 e. The van der Waals surface area contributed by atoms with Crippen molar-refractivity contribution in [3.8, 4) is 11.5 Å². The first-order valence-corrected chi connectivity index (χ1v) is 15.7. The van der Waals surface area contributed by atoms with Crippen LogP contribution in [0.1, 0.15) is 42.6 Å². The molecule has 13 heteroatoms. The van der Waals surface area contributed by atoms with E-state index in [1.807, 2.05) is 30.3 Å². The second kappa shape index (κ2) is 14.8. The summed E-state index contributed by atoms with van der Waals surface area (Å²) in [5, 5.41) is 11.0. The van der Waals surface area contributed by atoms with Crippen LogP contribution in [0.25, 0.3) is 0 Å². The number of fused-ring (bicyclic) bond motifs is 15. The third kappa shape index (κ3) is 8.29. The van der Waals surface area contributed by atoms with Crippen LogP contribution in [0.2, 0.25) is 0 Å². The molecule has 0 aliphatic carbocycles. The first-order valence-electron chi connectivity index (χ1n) is 15.7. The summed E-state index contributed by atoms with van der Waals surface area (Å²) >= 11 is 0. The van der Waals surface area contributed by atoms with Crippen molar-refractivity contribution in [3.05, 3.63) is 84.2 Å².